The summed E-state index contributed by atoms with van der Waals surface area (Å²) in [5.74, 6) is -0.518. The van der Waals surface area contributed by atoms with Gasteiger partial charge in [-0.15, -0.1) is 0 Å². The third kappa shape index (κ3) is 4.48. The van der Waals surface area contributed by atoms with E-state index in [1.54, 1.807) is 19.1 Å². The van der Waals surface area contributed by atoms with E-state index in [0.717, 1.165) is 16.9 Å². The minimum atomic E-state index is -0.690. The summed E-state index contributed by atoms with van der Waals surface area (Å²) in [6, 6.07) is 20.7. The molecule has 0 unspecified atom stereocenters. The van der Waals surface area contributed by atoms with Gasteiger partial charge in [-0.3, -0.25) is 14.2 Å². The molecule has 9 heteroatoms. The highest BCUT2D eigenvalue weighted by molar-refractivity contribution is 7.07. The maximum atomic E-state index is 13.7. The molecule has 6 nitrogen and oxygen atoms in total. The highest BCUT2D eigenvalue weighted by Crippen LogP contribution is 2.32. The lowest BCUT2D eigenvalue weighted by Gasteiger charge is -2.25. The average Bonchev–Trinajstić information content (AvgIpc) is 3.16. The Labute approximate surface area is 220 Å². The van der Waals surface area contributed by atoms with Gasteiger partial charge in [0, 0.05) is 16.3 Å². The van der Waals surface area contributed by atoms with Crippen molar-refractivity contribution in [2.45, 2.75) is 13.0 Å². The summed E-state index contributed by atoms with van der Waals surface area (Å²) in [5.41, 5.74) is 2.26. The van der Waals surface area contributed by atoms with Crippen molar-refractivity contribution >= 4 is 52.2 Å². The predicted molar refractivity (Wildman–Crippen MR) is 143 cm³/mol. The van der Waals surface area contributed by atoms with E-state index in [9.17, 15) is 14.7 Å². The number of aromatic hydroxyl groups is 1. The van der Waals surface area contributed by atoms with Crippen LogP contribution >= 0.6 is 34.5 Å². The molecule has 0 aliphatic carbocycles. The first-order valence-electron chi connectivity index (χ1n) is 11.0. The average molecular weight is 536 g/mol. The number of thiazole rings is 1. The molecule has 180 valence electrons. The van der Waals surface area contributed by atoms with Crippen molar-refractivity contribution in [3.8, 4) is 5.75 Å². The van der Waals surface area contributed by atoms with Gasteiger partial charge in [-0.2, -0.15) is 0 Å². The van der Waals surface area contributed by atoms with Crippen molar-refractivity contribution in [2.24, 2.45) is 4.99 Å². The molecule has 0 fully saturated rings. The van der Waals surface area contributed by atoms with Gasteiger partial charge in [0.05, 0.1) is 26.9 Å². The Bertz CT molecular complexity index is 1690. The number of halogens is 2. The molecular weight excluding hydrogens is 517 g/mol. The van der Waals surface area contributed by atoms with E-state index < -0.39 is 6.04 Å². The number of anilines is 1. The van der Waals surface area contributed by atoms with Gasteiger partial charge in [-0.25, -0.2) is 4.99 Å². The topological polar surface area (TPSA) is 83.7 Å². The molecule has 2 heterocycles. The van der Waals surface area contributed by atoms with Crippen LogP contribution in [0.1, 0.15) is 24.1 Å². The number of allylic oxidation sites excluding steroid dienone is 1. The summed E-state index contributed by atoms with van der Waals surface area (Å²) in [4.78, 5) is 32.2. The molecule has 0 bridgehead atoms. The van der Waals surface area contributed by atoms with Crippen LogP contribution in [0.15, 0.2) is 93.9 Å². The Morgan fingerprint density at radius 1 is 1.08 bits per heavy atom. The number of rotatable bonds is 4. The van der Waals surface area contributed by atoms with Crippen LogP contribution < -0.4 is 20.2 Å². The first-order valence-corrected chi connectivity index (χ1v) is 12.5. The molecule has 1 aliphatic rings. The Balaban J connectivity index is 1.69. The van der Waals surface area contributed by atoms with Crippen molar-refractivity contribution in [2.75, 3.05) is 5.32 Å². The molecule has 1 amide bonds. The lowest BCUT2D eigenvalue weighted by atomic mass is 9.95. The zero-order chi connectivity index (χ0) is 25.4. The molecule has 5 rings (SSSR count). The maximum absolute atomic E-state index is 13.7. The maximum Gasteiger partial charge on any atom is 0.271 e. The molecule has 0 spiro atoms. The number of phenolic OH excluding ortho intramolecular Hbond substituents is 1. The lowest BCUT2D eigenvalue weighted by Crippen LogP contribution is -2.40. The van der Waals surface area contributed by atoms with Gasteiger partial charge in [0.1, 0.15) is 5.75 Å². The molecule has 1 aromatic heterocycles. The van der Waals surface area contributed by atoms with Crippen LogP contribution in [-0.2, 0) is 4.79 Å². The Kier molecular flexibility index (Phi) is 6.53. The summed E-state index contributed by atoms with van der Waals surface area (Å²) in [6.45, 7) is 1.76. The zero-order valence-electron chi connectivity index (χ0n) is 18.9. The van der Waals surface area contributed by atoms with Gasteiger partial charge in [0.25, 0.3) is 11.5 Å². The first kappa shape index (κ1) is 24.1. The monoisotopic (exact) mass is 535 g/mol. The van der Waals surface area contributed by atoms with Crippen LogP contribution in [0, 0.1) is 0 Å². The molecule has 36 heavy (non-hydrogen) atoms. The molecule has 4 aromatic rings. The number of carbonyl (C=O) groups excluding carboxylic acids is 1. The summed E-state index contributed by atoms with van der Waals surface area (Å²) in [7, 11) is 0. The van der Waals surface area contributed by atoms with Crippen LogP contribution in [-0.4, -0.2) is 15.6 Å². The van der Waals surface area contributed by atoms with E-state index in [1.165, 1.54) is 22.8 Å². The first-order chi connectivity index (χ1) is 17.3. The molecule has 1 atom stereocenters. The summed E-state index contributed by atoms with van der Waals surface area (Å²) in [6.07, 6.45) is 1.53. The smallest absolute Gasteiger partial charge is 0.271 e. The second-order valence-corrected chi connectivity index (χ2v) is 9.99. The SMILES string of the molecule is CC1=C(C(=O)Nc2ccccc2)[C@@H](c2ccccc2)n2c(s/c(=C/c3cc(Cl)cc(Cl)c3O)c2=O)=N1. The van der Waals surface area contributed by atoms with E-state index in [0.29, 0.717) is 36.9 Å². The Morgan fingerprint density at radius 2 is 1.75 bits per heavy atom. The van der Waals surface area contributed by atoms with Crippen molar-refractivity contribution in [1.29, 1.82) is 0 Å². The highest BCUT2D eigenvalue weighted by Gasteiger charge is 2.32. The standard InChI is InChI=1S/C27H19Cl2N3O3S/c1-15-22(25(34)31-19-10-6-3-7-11-19)23(16-8-4-2-5-9-16)32-26(35)21(36-27(32)30-15)13-17-12-18(28)14-20(29)24(17)33/h2-14,23,33H,1H3,(H,31,34)/b21-13+/t23-/m1/s1. The number of fused-ring (bicyclic) bond motifs is 1. The van der Waals surface area contributed by atoms with Crippen molar-refractivity contribution in [3.05, 3.63) is 125 Å². The summed E-state index contributed by atoms with van der Waals surface area (Å²) >= 11 is 13.3. The number of nitrogens with one attached hydrogen (secondary N) is 1. The van der Waals surface area contributed by atoms with Gasteiger partial charge in [0.2, 0.25) is 0 Å². The largest absolute Gasteiger partial charge is 0.506 e. The molecular formula is C27H19Cl2N3O3S. The van der Waals surface area contributed by atoms with Crippen molar-refractivity contribution in [3.63, 3.8) is 0 Å². The second-order valence-electron chi connectivity index (χ2n) is 8.14. The Morgan fingerprint density at radius 3 is 2.44 bits per heavy atom. The van der Waals surface area contributed by atoms with E-state index in [4.69, 9.17) is 23.2 Å². The van der Waals surface area contributed by atoms with E-state index >= 15 is 0 Å². The van der Waals surface area contributed by atoms with Gasteiger partial charge in [-0.05, 0) is 42.8 Å². The molecule has 0 radical (unpaired) electrons. The molecule has 1 aliphatic heterocycles. The number of aromatic nitrogens is 1. The molecule has 3 aromatic carbocycles. The minimum absolute atomic E-state index is 0.0828. The number of nitrogens with zero attached hydrogens (tertiary/aromatic N) is 2. The number of amides is 1. The number of carbonyl (C=O) groups is 1. The number of benzene rings is 3. The minimum Gasteiger partial charge on any atom is -0.506 e. The third-order valence-electron chi connectivity index (χ3n) is 5.76. The fourth-order valence-corrected chi connectivity index (χ4v) is 5.67. The number of hydrogen-bond acceptors (Lipinski definition) is 5. The van der Waals surface area contributed by atoms with Gasteiger partial charge in [0.15, 0.2) is 4.80 Å². The van der Waals surface area contributed by atoms with Crippen LogP contribution in [0.2, 0.25) is 10.0 Å². The summed E-state index contributed by atoms with van der Waals surface area (Å²) < 4.78 is 1.84. The van der Waals surface area contributed by atoms with Crippen LogP contribution in [0.4, 0.5) is 5.69 Å². The highest BCUT2D eigenvalue weighted by atomic mass is 35.5. The van der Waals surface area contributed by atoms with Gasteiger partial charge in [-0.1, -0.05) is 83.1 Å². The van der Waals surface area contributed by atoms with E-state index in [1.807, 2.05) is 48.5 Å². The van der Waals surface area contributed by atoms with E-state index in [2.05, 4.69) is 10.3 Å². The Hall–Kier alpha value is -3.65. The van der Waals surface area contributed by atoms with Crippen molar-refractivity contribution < 1.29 is 9.90 Å². The molecule has 0 saturated carbocycles. The van der Waals surface area contributed by atoms with Crippen molar-refractivity contribution in [1.82, 2.24) is 4.57 Å². The fourth-order valence-electron chi connectivity index (χ4n) is 4.12. The quantitative estimate of drug-likeness (QED) is 0.390. The van der Waals surface area contributed by atoms with Crippen LogP contribution in [0.5, 0.6) is 5.75 Å². The van der Waals surface area contributed by atoms with Crippen LogP contribution in [0.25, 0.3) is 6.08 Å². The van der Waals surface area contributed by atoms with Crippen LogP contribution in [0.3, 0.4) is 0 Å². The normalized spacial score (nSPS) is 15.4. The van der Waals surface area contributed by atoms with Gasteiger partial charge >= 0.3 is 0 Å². The third-order valence-corrected chi connectivity index (χ3v) is 7.25. The van der Waals surface area contributed by atoms with E-state index in [-0.39, 0.29) is 22.2 Å². The summed E-state index contributed by atoms with van der Waals surface area (Å²) in [5, 5.41) is 13.7. The molecule has 0 saturated heterocycles. The fraction of sp³-hybridized carbons (Fsp3) is 0.0741. The molecule has 2 N–H and O–H groups in total. The number of para-hydroxylation sites is 1. The lowest BCUT2D eigenvalue weighted by molar-refractivity contribution is -0.113. The number of hydrogen-bond donors (Lipinski definition) is 2. The van der Waals surface area contributed by atoms with Gasteiger partial charge < -0.3 is 10.4 Å². The zero-order valence-corrected chi connectivity index (χ0v) is 21.2. The second kappa shape index (κ2) is 9.78. The number of phenols is 1. The predicted octanol–water partition coefficient (Wildman–Crippen LogP) is 4.89.